The number of aryl methyl sites for hydroxylation is 1. The Hall–Kier alpha value is -0.900. The lowest BCUT2D eigenvalue weighted by Gasteiger charge is -2.16. The van der Waals surface area contributed by atoms with Crippen LogP contribution in [-0.4, -0.2) is 22.8 Å². The number of nitrogens with zero attached hydrogens (tertiary/aromatic N) is 2. The van der Waals surface area contributed by atoms with Crippen LogP contribution < -0.4 is 0 Å². The van der Waals surface area contributed by atoms with Crippen molar-refractivity contribution in [2.24, 2.45) is 5.92 Å². The van der Waals surface area contributed by atoms with Gasteiger partial charge in [0.25, 0.3) is 0 Å². The number of carbonyl (C=O) groups excluding carboxylic acids is 1. The van der Waals surface area contributed by atoms with Gasteiger partial charge in [-0.1, -0.05) is 20.8 Å². The first-order valence-corrected chi connectivity index (χ1v) is 7.08. The van der Waals surface area contributed by atoms with Gasteiger partial charge in [-0.15, -0.1) is 11.3 Å². The van der Waals surface area contributed by atoms with Gasteiger partial charge in [0, 0.05) is 18.8 Å². The van der Waals surface area contributed by atoms with Crippen LogP contribution in [0.4, 0.5) is 0 Å². The predicted octanol–water partition coefficient (Wildman–Crippen LogP) is 3.10. The van der Waals surface area contributed by atoms with Gasteiger partial charge in [0.15, 0.2) is 0 Å². The molecule has 3 nitrogen and oxygen atoms in total. The zero-order valence-corrected chi connectivity index (χ0v) is 12.0. The van der Waals surface area contributed by atoms with E-state index in [1.807, 2.05) is 12.4 Å². The van der Waals surface area contributed by atoms with E-state index in [-0.39, 0.29) is 5.91 Å². The van der Waals surface area contributed by atoms with Crippen LogP contribution in [-0.2, 0) is 17.8 Å². The molecule has 1 aromatic heterocycles. The predicted molar refractivity (Wildman–Crippen MR) is 72.0 cm³/mol. The highest BCUT2D eigenvalue weighted by atomic mass is 32.1. The van der Waals surface area contributed by atoms with Crippen molar-refractivity contribution in [3.8, 4) is 0 Å². The van der Waals surface area contributed by atoms with Gasteiger partial charge in [0.05, 0.1) is 17.2 Å². The van der Waals surface area contributed by atoms with Crippen molar-refractivity contribution in [3.63, 3.8) is 0 Å². The third-order valence-corrected chi connectivity index (χ3v) is 3.70. The average molecular weight is 254 g/mol. The van der Waals surface area contributed by atoms with Gasteiger partial charge in [-0.05, 0) is 18.8 Å². The summed E-state index contributed by atoms with van der Waals surface area (Å²) in [6, 6.07) is 0. The molecule has 0 bridgehead atoms. The standard InChI is InChI=1S/C13H22N2OS/c1-5-12-14-11(9-17-12)8-15(4)13(16)7-6-10(2)3/h9-10H,5-8H2,1-4H3. The summed E-state index contributed by atoms with van der Waals surface area (Å²) >= 11 is 1.67. The monoisotopic (exact) mass is 254 g/mol. The van der Waals surface area contributed by atoms with E-state index in [2.05, 4.69) is 25.8 Å². The zero-order valence-electron chi connectivity index (χ0n) is 11.2. The van der Waals surface area contributed by atoms with Crippen LogP contribution in [0.1, 0.15) is 44.3 Å². The molecule has 0 unspecified atom stereocenters. The third-order valence-electron chi connectivity index (χ3n) is 2.66. The van der Waals surface area contributed by atoms with Gasteiger partial charge in [0.2, 0.25) is 5.91 Å². The second kappa shape index (κ2) is 6.74. The molecule has 1 amide bonds. The van der Waals surface area contributed by atoms with E-state index in [4.69, 9.17) is 0 Å². The Morgan fingerprint density at radius 1 is 1.53 bits per heavy atom. The van der Waals surface area contributed by atoms with Crippen LogP contribution in [0.25, 0.3) is 0 Å². The lowest BCUT2D eigenvalue weighted by atomic mass is 10.1. The molecule has 96 valence electrons. The first-order valence-electron chi connectivity index (χ1n) is 6.20. The maximum Gasteiger partial charge on any atom is 0.222 e. The van der Waals surface area contributed by atoms with Crippen molar-refractivity contribution >= 4 is 17.2 Å². The second-order valence-electron chi connectivity index (χ2n) is 4.77. The van der Waals surface area contributed by atoms with Crippen LogP contribution in [0, 0.1) is 5.92 Å². The van der Waals surface area contributed by atoms with Gasteiger partial charge in [-0.3, -0.25) is 4.79 Å². The summed E-state index contributed by atoms with van der Waals surface area (Å²) in [5, 5.41) is 3.19. The number of rotatable bonds is 6. The van der Waals surface area contributed by atoms with Gasteiger partial charge in [0.1, 0.15) is 0 Å². The van der Waals surface area contributed by atoms with Crippen molar-refractivity contribution in [1.29, 1.82) is 0 Å². The van der Waals surface area contributed by atoms with Crippen molar-refractivity contribution in [1.82, 2.24) is 9.88 Å². The smallest absolute Gasteiger partial charge is 0.222 e. The number of amides is 1. The fourth-order valence-electron chi connectivity index (χ4n) is 1.52. The molecule has 1 heterocycles. The van der Waals surface area contributed by atoms with Crippen LogP contribution in [0.15, 0.2) is 5.38 Å². The Labute approximate surface area is 108 Å². The summed E-state index contributed by atoms with van der Waals surface area (Å²) in [5.74, 6) is 0.795. The SMILES string of the molecule is CCc1nc(CN(C)C(=O)CCC(C)C)cs1. The third kappa shape index (κ3) is 4.86. The van der Waals surface area contributed by atoms with Crippen molar-refractivity contribution in [3.05, 3.63) is 16.1 Å². The van der Waals surface area contributed by atoms with E-state index in [1.54, 1.807) is 16.2 Å². The number of carbonyl (C=O) groups is 1. The molecule has 1 rings (SSSR count). The highest BCUT2D eigenvalue weighted by Crippen LogP contribution is 2.13. The van der Waals surface area contributed by atoms with Gasteiger partial charge >= 0.3 is 0 Å². The Morgan fingerprint density at radius 3 is 2.76 bits per heavy atom. The van der Waals surface area contributed by atoms with E-state index in [0.717, 1.165) is 23.5 Å². The van der Waals surface area contributed by atoms with E-state index < -0.39 is 0 Å². The minimum Gasteiger partial charge on any atom is -0.340 e. The Kier molecular flexibility index (Phi) is 5.62. The van der Waals surface area contributed by atoms with Crippen LogP contribution in [0.5, 0.6) is 0 Å². The molecule has 0 aliphatic rings. The molecular weight excluding hydrogens is 232 g/mol. The molecular formula is C13H22N2OS. The number of thiazole rings is 1. The lowest BCUT2D eigenvalue weighted by Crippen LogP contribution is -2.26. The molecule has 1 aromatic rings. The first kappa shape index (κ1) is 14.2. The van der Waals surface area contributed by atoms with Crippen molar-refractivity contribution < 1.29 is 4.79 Å². The summed E-state index contributed by atoms with van der Waals surface area (Å²) in [4.78, 5) is 18.1. The van der Waals surface area contributed by atoms with Crippen molar-refractivity contribution in [2.75, 3.05) is 7.05 Å². The molecule has 0 atom stereocenters. The number of aromatic nitrogens is 1. The topological polar surface area (TPSA) is 33.2 Å². The highest BCUT2D eigenvalue weighted by Gasteiger charge is 2.11. The normalized spacial score (nSPS) is 10.9. The van der Waals surface area contributed by atoms with Gasteiger partial charge in [-0.25, -0.2) is 4.98 Å². The molecule has 0 aliphatic carbocycles. The maximum absolute atomic E-state index is 11.8. The van der Waals surface area contributed by atoms with Gasteiger partial charge in [-0.2, -0.15) is 0 Å². The first-order chi connectivity index (χ1) is 8.02. The molecule has 0 fully saturated rings. The highest BCUT2D eigenvalue weighted by molar-refractivity contribution is 7.09. The minimum atomic E-state index is 0.213. The largest absolute Gasteiger partial charge is 0.340 e. The fourth-order valence-corrected chi connectivity index (χ4v) is 2.25. The second-order valence-corrected chi connectivity index (χ2v) is 5.71. The van der Waals surface area contributed by atoms with Crippen LogP contribution in [0.3, 0.4) is 0 Å². The summed E-state index contributed by atoms with van der Waals surface area (Å²) in [6.07, 6.45) is 2.56. The van der Waals surface area contributed by atoms with E-state index in [0.29, 0.717) is 18.9 Å². The lowest BCUT2D eigenvalue weighted by molar-refractivity contribution is -0.130. The Balaban J connectivity index is 2.42. The van der Waals surface area contributed by atoms with Gasteiger partial charge < -0.3 is 4.90 Å². The molecule has 0 saturated heterocycles. The molecule has 4 heteroatoms. The van der Waals surface area contributed by atoms with Crippen LogP contribution in [0.2, 0.25) is 0 Å². The Bertz CT molecular complexity index is 360. The molecule has 0 spiro atoms. The molecule has 0 aliphatic heterocycles. The average Bonchev–Trinajstić information content (AvgIpc) is 2.73. The van der Waals surface area contributed by atoms with E-state index in [9.17, 15) is 4.79 Å². The Morgan fingerprint density at radius 2 is 2.24 bits per heavy atom. The molecule has 0 N–H and O–H groups in total. The number of hydrogen-bond acceptors (Lipinski definition) is 3. The van der Waals surface area contributed by atoms with Crippen LogP contribution >= 0.6 is 11.3 Å². The fraction of sp³-hybridized carbons (Fsp3) is 0.692. The maximum atomic E-state index is 11.8. The van der Waals surface area contributed by atoms with E-state index in [1.165, 1.54) is 0 Å². The van der Waals surface area contributed by atoms with Crippen molar-refractivity contribution in [2.45, 2.75) is 46.6 Å². The summed E-state index contributed by atoms with van der Waals surface area (Å²) in [7, 11) is 1.85. The quantitative estimate of drug-likeness (QED) is 0.781. The van der Waals surface area contributed by atoms with E-state index >= 15 is 0 Å². The summed E-state index contributed by atoms with van der Waals surface area (Å²) in [5.41, 5.74) is 1.01. The molecule has 0 radical (unpaired) electrons. The summed E-state index contributed by atoms with van der Waals surface area (Å²) in [6.45, 7) is 7.01. The zero-order chi connectivity index (χ0) is 12.8. The molecule has 17 heavy (non-hydrogen) atoms. The summed E-state index contributed by atoms with van der Waals surface area (Å²) < 4.78 is 0. The molecule has 0 saturated carbocycles. The minimum absolute atomic E-state index is 0.213. The molecule has 0 aromatic carbocycles. The number of hydrogen-bond donors (Lipinski definition) is 0.